The largest absolute Gasteiger partial charge is 0.394 e. The van der Waals surface area contributed by atoms with Crippen LogP contribution in [0.15, 0.2) is 4.99 Å². The summed E-state index contributed by atoms with van der Waals surface area (Å²) in [7, 11) is 0. The summed E-state index contributed by atoms with van der Waals surface area (Å²) in [5, 5.41) is 31.2. The van der Waals surface area contributed by atoms with Crippen molar-refractivity contribution in [2.75, 3.05) is 31.2 Å². The summed E-state index contributed by atoms with van der Waals surface area (Å²) >= 11 is 7.88. The number of nitrogens with zero attached hydrogens (tertiary/aromatic N) is 1. The summed E-state index contributed by atoms with van der Waals surface area (Å²) in [6.07, 6.45) is -1.37. The molecule has 0 aromatic carbocycles. The molecule has 0 spiro atoms. The van der Waals surface area contributed by atoms with Gasteiger partial charge in [-0.25, -0.2) is 0 Å². The second-order valence-corrected chi connectivity index (χ2v) is 9.43. The monoisotopic (exact) mass is 624 g/mol. The maximum atomic E-state index is 13.2. The number of hydrogen-bond acceptors (Lipinski definition) is 12. The Labute approximate surface area is 247 Å². The fourth-order valence-corrected chi connectivity index (χ4v) is 3.44. The second-order valence-electron chi connectivity index (χ2n) is 8.70. The van der Waals surface area contributed by atoms with E-state index < -0.39 is 84.9 Å². The van der Waals surface area contributed by atoms with Gasteiger partial charge in [-0.3, -0.25) is 33.8 Å². The molecule has 0 saturated heterocycles. The number of guanidine groups is 1. The Hall–Kier alpha value is -3.33. The lowest BCUT2D eigenvalue weighted by molar-refractivity contribution is -0.136. The Morgan fingerprint density at radius 3 is 1.85 bits per heavy atom. The lowest BCUT2D eigenvalue weighted by atomic mass is 10.1. The molecule has 0 radical (unpaired) electrons. The Morgan fingerprint density at radius 1 is 0.805 bits per heavy atom. The van der Waals surface area contributed by atoms with Gasteiger partial charge in [0, 0.05) is 18.1 Å². The zero-order chi connectivity index (χ0) is 31.7. The summed E-state index contributed by atoms with van der Waals surface area (Å²) in [5.41, 5.74) is 21.1. The SMILES string of the molecule is C[C@@H](O)[C@H](NC(=O)[C@H](CCCN=C(N)N)NC(=O)[C@H](CO)NC(=O)[C@@H](N)CS)C(=O)N[C@@H](CS)C(=O)NCC(N)=O. The number of nitrogens with two attached hydrogens (primary N) is 4. The van der Waals surface area contributed by atoms with Crippen molar-refractivity contribution in [2.24, 2.45) is 27.9 Å². The number of aliphatic hydroxyl groups is 2. The highest BCUT2D eigenvalue weighted by Crippen LogP contribution is 2.04. The minimum atomic E-state index is -1.60. The molecule has 6 atom stereocenters. The second kappa shape index (κ2) is 19.7. The molecule has 0 saturated carbocycles. The van der Waals surface area contributed by atoms with Gasteiger partial charge in [-0.1, -0.05) is 0 Å². The van der Waals surface area contributed by atoms with Gasteiger partial charge in [-0.2, -0.15) is 25.3 Å². The van der Waals surface area contributed by atoms with Crippen molar-refractivity contribution in [1.82, 2.24) is 26.6 Å². The fraction of sp³-hybridized carbons (Fsp3) is 0.667. The molecule has 0 rings (SSSR count). The van der Waals surface area contributed by atoms with Gasteiger partial charge in [-0.05, 0) is 19.8 Å². The van der Waals surface area contributed by atoms with E-state index in [1.807, 2.05) is 0 Å². The predicted molar refractivity (Wildman–Crippen MR) is 154 cm³/mol. The van der Waals surface area contributed by atoms with Crippen LogP contribution in [0.3, 0.4) is 0 Å². The molecular weight excluding hydrogens is 584 g/mol. The quantitative estimate of drug-likeness (QED) is 0.0277. The average molecular weight is 625 g/mol. The van der Waals surface area contributed by atoms with Gasteiger partial charge in [0.15, 0.2) is 5.96 Å². The minimum Gasteiger partial charge on any atom is -0.394 e. The van der Waals surface area contributed by atoms with Gasteiger partial charge in [0.25, 0.3) is 0 Å². The van der Waals surface area contributed by atoms with E-state index in [2.05, 4.69) is 56.8 Å². The van der Waals surface area contributed by atoms with Crippen LogP contribution in [0.2, 0.25) is 0 Å². The normalized spacial score (nSPS) is 15.1. The molecule has 0 aromatic rings. The Kier molecular flexibility index (Phi) is 18.1. The zero-order valence-electron chi connectivity index (χ0n) is 22.4. The molecule has 0 aliphatic heterocycles. The van der Waals surface area contributed by atoms with Crippen molar-refractivity contribution < 1.29 is 39.0 Å². The molecule has 0 unspecified atom stereocenters. The Balaban J connectivity index is 5.73. The first-order chi connectivity index (χ1) is 19.2. The van der Waals surface area contributed by atoms with E-state index in [9.17, 15) is 39.0 Å². The number of aliphatic hydroxyl groups excluding tert-OH is 2. The standard InChI is InChI=1S/C21H40N10O8S2/c1-9(33)15(20(39)30-13(8-41)17(36)27-5-14(23)34)31-18(37)11(3-2-4-26-21(24)25)28-19(38)12(6-32)29-16(35)10(22)7-40/h9-13,15,32-33,40-41H,2-8,22H2,1H3,(H2,23,34)(H,27,36)(H,28,38)(H,29,35)(H,30,39)(H,31,37)(H4,24,25,26)/t9-,10+,11+,12+,13+,15+/m1/s1. The van der Waals surface area contributed by atoms with Crippen molar-refractivity contribution in [2.45, 2.75) is 56.1 Å². The van der Waals surface area contributed by atoms with Crippen molar-refractivity contribution >= 4 is 66.7 Å². The van der Waals surface area contributed by atoms with Crippen molar-refractivity contribution in [1.29, 1.82) is 0 Å². The van der Waals surface area contributed by atoms with Crippen molar-refractivity contribution in [3.63, 3.8) is 0 Å². The number of amides is 6. The molecule has 234 valence electrons. The molecule has 15 N–H and O–H groups in total. The number of thiol groups is 2. The minimum absolute atomic E-state index is 0.0366. The van der Waals surface area contributed by atoms with Crippen LogP contribution in [-0.2, 0) is 28.8 Å². The molecule has 6 amide bonds. The summed E-state index contributed by atoms with van der Waals surface area (Å²) in [6.45, 7) is -0.0570. The maximum Gasteiger partial charge on any atom is 0.245 e. The molecule has 0 aliphatic rings. The average Bonchev–Trinajstić information content (AvgIpc) is 2.91. The first kappa shape index (κ1) is 37.7. The van der Waals surface area contributed by atoms with Crippen LogP contribution >= 0.6 is 25.3 Å². The van der Waals surface area contributed by atoms with Crippen LogP contribution < -0.4 is 49.5 Å². The fourth-order valence-electron chi connectivity index (χ4n) is 3.01. The predicted octanol–water partition coefficient (Wildman–Crippen LogP) is -6.86. The number of carbonyl (C=O) groups is 6. The summed E-state index contributed by atoms with van der Waals surface area (Å²) in [4.78, 5) is 77.8. The van der Waals surface area contributed by atoms with Crippen LogP contribution in [-0.4, -0.2) is 119 Å². The van der Waals surface area contributed by atoms with Crippen molar-refractivity contribution in [3.05, 3.63) is 0 Å². The number of aliphatic imine (C=N–C) groups is 1. The van der Waals surface area contributed by atoms with Gasteiger partial charge in [0.1, 0.15) is 24.2 Å². The zero-order valence-corrected chi connectivity index (χ0v) is 24.2. The number of hydrogen-bond donors (Lipinski definition) is 13. The highest BCUT2D eigenvalue weighted by Gasteiger charge is 2.33. The maximum absolute atomic E-state index is 13.2. The van der Waals surface area contributed by atoms with E-state index in [0.717, 1.165) is 0 Å². The van der Waals surface area contributed by atoms with Gasteiger partial charge in [-0.15, -0.1) is 0 Å². The van der Waals surface area contributed by atoms with Crippen LogP contribution in [0.1, 0.15) is 19.8 Å². The van der Waals surface area contributed by atoms with Crippen LogP contribution in [0.25, 0.3) is 0 Å². The smallest absolute Gasteiger partial charge is 0.245 e. The Bertz CT molecular complexity index is 951. The molecule has 18 nitrogen and oxygen atoms in total. The third-order valence-corrected chi connectivity index (χ3v) is 6.00. The Morgan fingerprint density at radius 2 is 1.37 bits per heavy atom. The lowest BCUT2D eigenvalue weighted by Gasteiger charge is -2.27. The molecule has 0 aromatic heterocycles. The molecule has 41 heavy (non-hydrogen) atoms. The summed E-state index contributed by atoms with van der Waals surface area (Å²) < 4.78 is 0. The first-order valence-electron chi connectivity index (χ1n) is 12.3. The number of nitrogens with one attached hydrogen (secondary N) is 5. The highest BCUT2D eigenvalue weighted by molar-refractivity contribution is 7.80. The molecule has 0 fully saturated rings. The van der Waals surface area contributed by atoms with Gasteiger partial charge < -0.3 is 59.7 Å². The molecule has 0 aliphatic carbocycles. The van der Waals surface area contributed by atoms with Crippen LogP contribution in [0, 0.1) is 0 Å². The first-order valence-corrected chi connectivity index (χ1v) is 13.5. The lowest BCUT2D eigenvalue weighted by Crippen LogP contribution is -2.61. The highest BCUT2D eigenvalue weighted by atomic mass is 32.1. The van der Waals surface area contributed by atoms with Gasteiger partial charge in [0.05, 0.1) is 25.3 Å². The molecule has 0 bridgehead atoms. The number of rotatable bonds is 19. The van der Waals surface area contributed by atoms with E-state index in [1.54, 1.807) is 0 Å². The summed E-state index contributed by atoms with van der Waals surface area (Å²) in [5.74, 6) is -5.69. The van der Waals surface area contributed by atoms with Crippen LogP contribution in [0.4, 0.5) is 0 Å². The number of primary amides is 1. The topological polar surface area (TPSA) is 319 Å². The van der Waals surface area contributed by atoms with E-state index in [4.69, 9.17) is 22.9 Å². The summed E-state index contributed by atoms with van der Waals surface area (Å²) in [6, 6.07) is -6.76. The van der Waals surface area contributed by atoms with E-state index in [-0.39, 0.29) is 36.9 Å². The molecule has 0 heterocycles. The number of carbonyl (C=O) groups excluding carboxylic acids is 6. The molecule has 20 heteroatoms. The van der Waals surface area contributed by atoms with E-state index in [1.165, 1.54) is 6.92 Å². The van der Waals surface area contributed by atoms with E-state index in [0.29, 0.717) is 0 Å². The molecular formula is C21H40N10O8S2. The van der Waals surface area contributed by atoms with Gasteiger partial charge >= 0.3 is 0 Å². The van der Waals surface area contributed by atoms with E-state index >= 15 is 0 Å². The third-order valence-electron chi connectivity index (χ3n) is 5.24. The van der Waals surface area contributed by atoms with Crippen molar-refractivity contribution in [3.8, 4) is 0 Å². The third kappa shape index (κ3) is 14.7. The van der Waals surface area contributed by atoms with Crippen LogP contribution in [0.5, 0.6) is 0 Å². The van der Waals surface area contributed by atoms with Gasteiger partial charge in [0.2, 0.25) is 35.4 Å².